The van der Waals surface area contributed by atoms with Gasteiger partial charge in [0.25, 0.3) is 0 Å². The highest BCUT2D eigenvalue weighted by atomic mass is 16.4. The Morgan fingerprint density at radius 3 is 3.00 bits per heavy atom. The first-order chi connectivity index (χ1) is 5.81. The van der Waals surface area contributed by atoms with Crippen LogP contribution in [0, 0.1) is 10.8 Å². The summed E-state index contributed by atoms with van der Waals surface area (Å²) in [5.41, 5.74) is 0.789. The zero-order valence-corrected chi connectivity index (χ0v) is 7.10. The molecule has 0 spiro atoms. The molecule has 1 fully saturated rings. The number of piperidine rings is 1. The van der Waals surface area contributed by atoms with Crippen molar-refractivity contribution in [3.63, 3.8) is 0 Å². The molecule has 0 radical (unpaired) electrons. The van der Waals surface area contributed by atoms with E-state index in [-0.39, 0.29) is 5.92 Å². The molecule has 1 aliphatic heterocycles. The van der Waals surface area contributed by atoms with Crippen LogP contribution in [-0.2, 0) is 0 Å². The number of nitroso groups, excluding NO2 is 1. The normalized spacial score (nSPS) is 27.6. The Hall–Kier alpha value is -1.13. The maximum Gasteiger partial charge on any atom is 0.0638 e. The van der Waals surface area contributed by atoms with Crippen molar-refractivity contribution in [2.24, 2.45) is 16.4 Å². The highest BCUT2D eigenvalue weighted by Gasteiger charge is 2.24. The van der Waals surface area contributed by atoms with Crippen molar-refractivity contribution >= 4 is 5.71 Å². The summed E-state index contributed by atoms with van der Waals surface area (Å²) in [4.78, 5) is 10.2. The average Bonchev–Trinajstić information content (AvgIpc) is 2.16. The van der Waals surface area contributed by atoms with Crippen molar-refractivity contribution in [3.8, 4) is 0 Å². The summed E-state index contributed by atoms with van der Waals surface area (Å²) in [5.74, 6) is 0.182. The van der Waals surface area contributed by atoms with Gasteiger partial charge in [0.15, 0.2) is 0 Å². The molecule has 1 aliphatic rings. The molecule has 1 saturated heterocycles. The van der Waals surface area contributed by atoms with Gasteiger partial charge in [-0.05, 0) is 6.42 Å². The van der Waals surface area contributed by atoms with E-state index in [2.05, 4.69) is 10.4 Å². The quantitative estimate of drug-likeness (QED) is 0.386. The Morgan fingerprint density at radius 1 is 1.75 bits per heavy atom. The summed E-state index contributed by atoms with van der Waals surface area (Å²) in [6.45, 7) is 3.16. The predicted octanol–water partition coefficient (Wildman–Crippen LogP) is 1.23. The second kappa shape index (κ2) is 4.04. The van der Waals surface area contributed by atoms with Gasteiger partial charge in [-0.3, -0.25) is 5.01 Å². The van der Waals surface area contributed by atoms with E-state index in [1.54, 1.807) is 0 Å². The van der Waals surface area contributed by atoms with Crippen LogP contribution in [0.1, 0.15) is 19.8 Å². The fraction of sp³-hybridized carbons (Fsp3) is 0.857. The van der Waals surface area contributed by atoms with Crippen LogP contribution >= 0.6 is 0 Å². The van der Waals surface area contributed by atoms with Gasteiger partial charge >= 0.3 is 0 Å². The van der Waals surface area contributed by atoms with Gasteiger partial charge in [-0.1, -0.05) is 12.1 Å². The second-order valence-corrected chi connectivity index (χ2v) is 2.94. The molecule has 1 heterocycles. The zero-order chi connectivity index (χ0) is 8.97. The van der Waals surface area contributed by atoms with Gasteiger partial charge in [0.05, 0.1) is 11.0 Å². The first kappa shape index (κ1) is 8.96. The lowest BCUT2D eigenvalue weighted by Gasteiger charge is -2.27. The van der Waals surface area contributed by atoms with Crippen molar-refractivity contribution in [1.29, 1.82) is 0 Å². The Bertz CT molecular complexity index is 193. The van der Waals surface area contributed by atoms with Crippen LogP contribution in [0.15, 0.2) is 10.4 Å². The summed E-state index contributed by atoms with van der Waals surface area (Å²) in [6, 6.07) is 0. The van der Waals surface area contributed by atoms with Gasteiger partial charge in [0.2, 0.25) is 0 Å². The predicted molar refractivity (Wildman–Crippen MR) is 45.0 cm³/mol. The Labute approximate surface area is 71.0 Å². The molecule has 1 atom stereocenters. The van der Waals surface area contributed by atoms with Crippen LogP contribution in [0.2, 0.25) is 0 Å². The van der Waals surface area contributed by atoms with Crippen LogP contribution in [0.4, 0.5) is 0 Å². The van der Waals surface area contributed by atoms with Crippen LogP contribution in [0.5, 0.6) is 0 Å². The molecule has 12 heavy (non-hydrogen) atoms. The molecular weight excluding hydrogens is 158 g/mol. The summed E-state index contributed by atoms with van der Waals surface area (Å²) in [5, 5.41) is 16.2. The lowest BCUT2D eigenvalue weighted by Crippen LogP contribution is -2.37. The third kappa shape index (κ3) is 1.72. The van der Waals surface area contributed by atoms with E-state index < -0.39 is 0 Å². The minimum Gasteiger partial charge on any atom is -0.411 e. The van der Waals surface area contributed by atoms with Crippen LogP contribution in [0.3, 0.4) is 0 Å². The van der Waals surface area contributed by atoms with E-state index in [0.29, 0.717) is 19.5 Å². The number of oxime groups is 1. The SMILES string of the molecule is CCC1CN(N=O)CCC1=NO. The Morgan fingerprint density at radius 2 is 2.50 bits per heavy atom. The third-order valence-corrected chi connectivity index (χ3v) is 2.27. The van der Waals surface area contributed by atoms with Gasteiger partial charge < -0.3 is 5.21 Å². The molecule has 68 valence electrons. The maximum atomic E-state index is 10.2. The molecule has 1 rings (SSSR count). The number of hydrogen-bond donors (Lipinski definition) is 1. The van der Waals surface area contributed by atoms with Gasteiger partial charge in [0.1, 0.15) is 0 Å². The number of nitrogens with zero attached hydrogens (tertiary/aromatic N) is 3. The lowest BCUT2D eigenvalue weighted by molar-refractivity contribution is 0.233. The van der Waals surface area contributed by atoms with E-state index in [4.69, 9.17) is 5.21 Å². The standard InChI is InChI=1S/C7H13N3O2/c1-2-6-5-10(9-12)4-3-7(6)8-11/h6,11H,2-5H2,1H3. The monoisotopic (exact) mass is 171 g/mol. The maximum absolute atomic E-state index is 10.2. The van der Waals surface area contributed by atoms with Gasteiger partial charge in [-0.25, -0.2) is 0 Å². The molecule has 0 saturated carbocycles. The highest BCUT2D eigenvalue weighted by molar-refractivity contribution is 5.87. The molecule has 0 aromatic heterocycles. The topological polar surface area (TPSA) is 65.3 Å². The fourth-order valence-corrected chi connectivity index (χ4v) is 1.47. The van der Waals surface area contributed by atoms with Crippen molar-refractivity contribution < 1.29 is 5.21 Å². The molecule has 5 heteroatoms. The lowest BCUT2D eigenvalue weighted by atomic mass is 9.94. The molecule has 1 N–H and O–H groups in total. The van der Waals surface area contributed by atoms with Crippen LogP contribution in [0.25, 0.3) is 0 Å². The summed E-state index contributed by atoms with van der Waals surface area (Å²) >= 11 is 0. The number of rotatable bonds is 2. The summed E-state index contributed by atoms with van der Waals surface area (Å²) < 4.78 is 0. The largest absolute Gasteiger partial charge is 0.411 e. The fourth-order valence-electron chi connectivity index (χ4n) is 1.47. The molecule has 1 unspecified atom stereocenters. The average molecular weight is 171 g/mol. The molecule has 0 aliphatic carbocycles. The van der Waals surface area contributed by atoms with E-state index in [9.17, 15) is 4.91 Å². The number of hydrogen-bond acceptors (Lipinski definition) is 4. The second-order valence-electron chi connectivity index (χ2n) is 2.94. The van der Waals surface area contributed by atoms with Crippen molar-refractivity contribution in [3.05, 3.63) is 4.91 Å². The summed E-state index contributed by atoms with van der Waals surface area (Å²) in [7, 11) is 0. The molecular formula is C7H13N3O2. The van der Waals surface area contributed by atoms with E-state index >= 15 is 0 Å². The van der Waals surface area contributed by atoms with Gasteiger partial charge in [-0.2, -0.15) is 0 Å². The van der Waals surface area contributed by atoms with Gasteiger partial charge in [0, 0.05) is 25.4 Å². The zero-order valence-electron chi connectivity index (χ0n) is 7.10. The molecule has 0 aromatic carbocycles. The van der Waals surface area contributed by atoms with Gasteiger partial charge in [-0.15, -0.1) is 4.91 Å². The van der Waals surface area contributed by atoms with Crippen molar-refractivity contribution in [2.75, 3.05) is 13.1 Å². The smallest absolute Gasteiger partial charge is 0.0638 e. The molecule has 0 aromatic rings. The highest BCUT2D eigenvalue weighted by Crippen LogP contribution is 2.17. The van der Waals surface area contributed by atoms with Crippen molar-refractivity contribution in [2.45, 2.75) is 19.8 Å². The van der Waals surface area contributed by atoms with Crippen molar-refractivity contribution in [1.82, 2.24) is 5.01 Å². The Kier molecular flexibility index (Phi) is 3.01. The summed E-state index contributed by atoms with van der Waals surface area (Å²) in [6.07, 6.45) is 1.52. The van der Waals surface area contributed by atoms with E-state index in [0.717, 1.165) is 12.1 Å². The van der Waals surface area contributed by atoms with E-state index in [1.165, 1.54) is 5.01 Å². The molecule has 0 amide bonds. The third-order valence-electron chi connectivity index (χ3n) is 2.27. The van der Waals surface area contributed by atoms with Crippen LogP contribution in [-0.4, -0.2) is 29.0 Å². The minimum atomic E-state index is 0.182. The molecule has 5 nitrogen and oxygen atoms in total. The minimum absolute atomic E-state index is 0.182. The Balaban J connectivity index is 2.59. The van der Waals surface area contributed by atoms with E-state index in [1.807, 2.05) is 6.92 Å². The first-order valence-corrected chi connectivity index (χ1v) is 4.10. The molecule has 0 bridgehead atoms. The van der Waals surface area contributed by atoms with Crippen LogP contribution < -0.4 is 0 Å². The first-order valence-electron chi connectivity index (χ1n) is 4.10.